The van der Waals surface area contributed by atoms with E-state index in [2.05, 4.69) is 10.3 Å². The topological polar surface area (TPSA) is 115 Å². The van der Waals surface area contributed by atoms with Crippen molar-refractivity contribution in [2.24, 2.45) is 5.14 Å². The van der Waals surface area contributed by atoms with Gasteiger partial charge in [-0.1, -0.05) is 0 Å². The van der Waals surface area contributed by atoms with Gasteiger partial charge >= 0.3 is 0 Å². The highest BCUT2D eigenvalue weighted by atomic mass is 32.2. The van der Waals surface area contributed by atoms with Gasteiger partial charge in [-0.15, -0.1) is 0 Å². The van der Waals surface area contributed by atoms with Crippen molar-refractivity contribution in [3.05, 3.63) is 41.4 Å². The Labute approximate surface area is 120 Å². The van der Waals surface area contributed by atoms with Crippen LogP contribution in [0.2, 0.25) is 0 Å². The summed E-state index contributed by atoms with van der Waals surface area (Å²) in [6.45, 7) is 3.15. The van der Waals surface area contributed by atoms with E-state index in [0.29, 0.717) is 11.6 Å². The number of amides is 1. The van der Waals surface area contributed by atoms with Gasteiger partial charge in [0.25, 0.3) is 5.91 Å². The van der Waals surface area contributed by atoms with Crippen LogP contribution in [0.5, 0.6) is 0 Å². The Morgan fingerprint density at radius 1 is 1.33 bits per heavy atom. The van der Waals surface area contributed by atoms with Crippen molar-refractivity contribution in [2.75, 3.05) is 5.32 Å². The first-order chi connectivity index (χ1) is 9.66. The molecule has 3 N–H and O–H groups in total. The lowest BCUT2D eigenvalue weighted by atomic mass is 10.3. The van der Waals surface area contributed by atoms with Crippen LogP contribution in [0.15, 0.2) is 27.5 Å². The fourth-order valence-corrected chi connectivity index (χ4v) is 2.30. The zero-order chi connectivity index (χ0) is 15.8. The summed E-state index contributed by atoms with van der Waals surface area (Å²) in [4.78, 5) is 15.5. The summed E-state index contributed by atoms with van der Waals surface area (Å²) < 4.78 is 40.9. The van der Waals surface area contributed by atoms with Crippen LogP contribution >= 0.6 is 0 Å². The third kappa shape index (κ3) is 3.44. The first-order valence-corrected chi connectivity index (χ1v) is 7.30. The van der Waals surface area contributed by atoms with Crippen molar-refractivity contribution in [1.82, 2.24) is 4.98 Å². The average molecular weight is 313 g/mol. The lowest BCUT2D eigenvalue weighted by Gasteiger charge is -2.06. The molecule has 2 rings (SSSR count). The van der Waals surface area contributed by atoms with Gasteiger partial charge in [-0.25, -0.2) is 22.9 Å². The molecule has 2 aromatic rings. The fourth-order valence-electron chi connectivity index (χ4n) is 1.73. The number of sulfonamides is 1. The standard InChI is InChI=1S/C12H12FN3O4S/c1-6-11(20-7(2)15-6)12(17)16-9-3-8(13)4-10(5-9)21(14,18)19/h3-5H,1-2H3,(H,16,17)(H2,14,18,19). The number of halogens is 1. The van der Waals surface area contributed by atoms with E-state index in [9.17, 15) is 17.6 Å². The van der Waals surface area contributed by atoms with Crippen LogP contribution in [0.1, 0.15) is 22.1 Å². The molecule has 0 atom stereocenters. The van der Waals surface area contributed by atoms with Gasteiger partial charge in [0.15, 0.2) is 5.89 Å². The number of benzene rings is 1. The summed E-state index contributed by atoms with van der Waals surface area (Å²) in [5.74, 6) is -1.24. The van der Waals surface area contributed by atoms with E-state index in [1.54, 1.807) is 13.8 Å². The molecule has 0 saturated heterocycles. The molecule has 0 unspecified atom stereocenters. The largest absolute Gasteiger partial charge is 0.436 e. The van der Waals surface area contributed by atoms with Gasteiger partial charge in [0.1, 0.15) is 5.82 Å². The molecule has 1 amide bonds. The van der Waals surface area contributed by atoms with Crippen LogP contribution < -0.4 is 10.5 Å². The number of hydrogen-bond acceptors (Lipinski definition) is 5. The average Bonchev–Trinajstić information content (AvgIpc) is 2.66. The molecule has 112 valence electrons. The van der Waals surface area contributed by atoms with Crippen molar-refractivity contribution in [3.63, 3.8) is 0 Å². The number of nitrogens with one attached hydrogen (secondary N) is 1. The van der Waals surface area contributed by atoms with Crippen molar-refractivity contribution in [2.45, 2.75) is 18.7 Å². The second-order valence-corrected chi connectivity index (χ2v) is 5.88. The number of nitrogens with zero attached hydrogens (tertiary/aromatic N) is 1. The predicted octanol–water partition coefficient (Wildman–Crippen LogP) is 1.33. The molecule has 0 fully saturated rings. The van der Waals surface area contributed by atoms with Crippen molar-refractivity contribution in [3.8, 4) is 0 Å². The molecule has 21 heavy (non-hydrogen) atoms. The molecule has 0 spiro atoms. The van der Waals surface area contributed by atoms with Gasteiger partial charge in [-0.2, -0.15) is 0 Å². The minimum Gasteiger partial charge on any atom is -0.436 e. The number of carbonyl (C=O) groups excluding carboxylic acids is 1. The third-order valence-electron chi connectivity index (χ3n) is 2.57. The Bertz CT molecular complexity index is 814. The SMILES string of the molecule is Cc1nc(C)c(C(=O)Nc2cc(F)cc(S(N)(=O)=O)c2)o1. The first-order valence-electron chi connectivity index (χ1n) is 5.75. The summed E-state index contributed by atoms with van der Waals surface area (Å²) in [6.07, 6.45) is 0. The number of carbonyl (C=O) groups is 1. The predicted molar refractivity (Wildman–Crippen MR) is 71.7 cm³/mol. The fraction of sp³-hybridized carbons (Fsp3) is 0.167. The van der Waals surface area contributed by atoms with Crippen LogP contribution in [0.3, 0.4) is 0 Å². The zero-order valence-electron chi connectivity index (χ0n) is 11.2. The van der Waals surface area contributed by atoms with Gasteiger partial charge in [-0.05, 0) is 25.1 Å². The Morgan fingerprint density at radius 3 is 2.52 bits per heavy atom. The second kappa shape index (κ2) is 5.26. The molecule has 0 aliphatic heterocycles. The van der Waals surface area contributed by atoms with Gasteiger partial charge in [0.05, 0.1) is 10.6 Å². The van der Waals surface area contributed by atoms with Crippen LogP contribution in [0.4, 0.5) is 10.1 Å². The maximum absolute atomic E-state index is 13.4. The highest BCUT2D eigenvalue weighted by molar-refractivity contribution is 7.89. The van der Waals surface area contributed by atoms with E-state index in [1.165, 1.54) is 0 Å². The van der Waals surface area contributed by atoms with E-state index in [1.807, 2.05) is 0 Å². The monoisotopic (exact) mass is 313 g/mol. The molecule has 9 heteroatoms. The lowest BCUT2D eigenvalue weighted by molar-refractivity contribution is 0.0994. The number of aryl methyl sites for hydroxylation is 2. The number of rotatable bonds is 3. The maximum Gasteiger partial charge on any atom is 0.293 e. The second-order valence-electron chi connectivity index (χ2n) is 4.32. The molecular formula is C12H12FN3O4S. The van der Waals surface area contributed by atoms with Crippen molar-refractivity contribution < 1.29 is 22.0 Å². The number of nitrogens with two attached hydrogens (primary N) is 1. The third-order valence-corrected chi connectivity index (χ3v) is 3.46. The van der Waals surface area contributed by atoms with E-state index in [4.69, 9.17) is 9.56 Å². The van der Waals surface area contributed by atoms with E-state index >= 15 is 0 Å². The van der Waals surface area contributed by atoms with Crippen molar-refractivity contribution in [1.29, 1.82) is 0 Å². The number of primary sulfonamides is 1. The maximum atomic E-state index is 13.4. The molecule has 1 aromatic heterocycles. The van der Waals surface area contributed by atoms with Gasteiger partial charge in [0.2, 0.25) is 15.8 Å². The Kier molecular flexibility index (Phi) is 3.79. The minimum atomic E-state index is -4.08. The van der Waals surface area contributed by atoms with E-state index in [0.717, 1.165) is 18.2 Å². The summed E-state index contributed by atoms with van der Waals surface area (Å²) in [7, 11) is -4.08. The van der Waals surface area contributed by atoms with Crippen LogP contribution in [0, 0.1) is 19.7 Å². The Hall–Kier alpha value is -2.26. The first kappa shape index (κ1) is 15.1. The van der Waals surface area contributed by atoms with Gasteiger partial charge in [-0.3, -0.25) is 4.79 Å². The Morgan fingerprint density at radius 2 is 2.00 bits per heavy atom. The number of oxazole rings is 1. The summed E-state index contributed by atoms with van der Waals surface area (Å²) in [6, 6.07) is 2.77. The summed E-state index contributed by atoms with van der Waals surface area (Å²) >= 11 is 0. The Balaban J connectivity index is 2.34. The quantitative estimate of drug-likeness (QED) is 0.887. The van der Waals surface area contributed by atoms with Crippen LogP contribution in [-0.4, -0.2) is 19.3 Å². The van der Waals surface area contributed by atoms with E-state index < -0.39 is 26.6 Å². The highest BCUT2D eigenvalue weighted by Crippen LogP contribution is 2.19. The zero-order valence-corrected chi connectivity index (χ0v) is 12.0. The molecular weight excluding hydrogens is 301 g/mol. The molecule has 0 aliphatic rings. The molecule has 0 saturated carbocycles. The lowest BCUT2D eigenvalue weighted by Crippen LogP contribution is -2.15. The highest BCUT2D eigenvalue weighted by Gasteiger charge is 2.18. The molecule has 1 heterocycles. The van der Waals surface area contributed by atoms with Crippen LogP contribution in [0.25, 0.3) is 0 Å². The summed E-state index contributed by atoms with van der Waals surface area (Å²) in [5.41, 5.74) is 0.311. The molecule has 0 radical (unpaired) electrons. The molecule has 0 aliphatic carbocycles. The van der Waals surface area contributed by atoms with Crippen molar-refractivity contribution >= 4 is 21.6 Å². The van der Waals surface area contributed by atoms with E-state index in [-0.39, 0.29) is 11.4 Å². The summed E-state index contributed by atoms with van der Waals surface area (Å²) in [5, 5.41) is 7.26. The molecule has 0 bridgehead atoms. The normalized spacial score (nSPS) is 11.4. The minimum absolute atomic E-state index is 0.0334. The smallest absolute Gasteiger partial charge is 0.293 e. The van der Waals surface area contributed by atoms with Gasteiger partial charge < -0.3 is 9.73 Å². The number of aromatic nitrogens is 1. The van der Waals surface area contributed by atoms with Crippen LogP contribution in [-0.2, 0) is 10.0 Å². The molecule has 7 nitrogen and oxygen atoms in total. The number of hydrogen-bond donors (Lipinski definition) is 2. The molecule has 1 aromatic carbocycles. The number of anilines is 1. The van der Waals surface area contributed by atoms with Gasteiger partial charge in [0, 0.05) is 12.6 Å².